The first kappa shape index (κ1) is 15.0. The van der Waals surface area contributed by atoms with Crippen molar-refractivity contribution in [2.75, 3.05) is 13.7 Å². The van der Waals surface area contributed by atoms with Gasteiger partial charge < -0.3 is 14.8 Å². The largest absolute Gasteiger partial charge is 0.467 e. The van der Waals surface area contributed by atoms with Crippen molar-refractivity contribution in [3.8, 4) is 0 Å². The molecular weight excluding hydrogens is 262 g/mol. The highest BCUT2D eigenvalue weighted by Crippen LogP contribution is 2.25. The molecule has 20 heavy (non-hydrogen) atoms. The van der Waals surface area contributed by atoms with Gasteiger partial charge in [-0.15, -0.1) is 0 Å². The summed E-state index contributed by atoms with van der Waals surface area (Å²) >= 11 is 0. The van der Waals surface area contributed by atoms with Crippen molar-refractivity contribution in [2.45, 2.75) is 50.7 Å². The van der Waals surface area contributed by atoms with Crippen molar-refractivity contribution in [3.63, 3.8) is 0 Å². The van der Waals surface area contributed by atoms with Gasteiger partial charge in [-0.2, -0.15) is 0 Å². The molecule has 1 saturated heterocycles. The predicted molar refractivity (Wildman–Crippen MR) is 69.9 cm³/mol. The van der Waals surface area contributed by atoms with Gasteiger partial charge in [-0.3, -0.25) is 9.59 Å². The first-order valence-corrected chi connectivity index (χ1v) is 7.13. The highest BCUT2D eigenvalue weighted by atomic mass is 16.5. The van der Waals surface area contributed by atoms with Crippen molar-refractivity contribution < 1.29 is 23.9 Å². The molecule has 1 N–H and O–H groups in total. The Morgan fingerprint density at radius 1 is 1.35 bits per heavy atom. The average molecular weight is 283 g/mol. The number of esters is 1. The molecule has 6 heteroatoms. The minimum atomic E-state index is -0.749. The lowest BCUT2D eigenvalue weighted by molar-refractivity contribution is -0.149. The first-order chi connectivity index (χ1) is 9.61. The average Bonchev–Trinajstić information content (AvgIpc) is 2.98. The fraction of sp³-hybridized carbons (Fsp3) is 0.786. The van der Waals surface area contributed by atoms with E-state index in [1.807, 2.05) is 0 Å². The van der Waals surface area contributed by atoms with Gasteiger partial charge >= 0.3 is 5.97 Å². The monoisotopic (exact) mass is 283 g/mol. The van der Waals surface area contributed by atoms with E-state index in [0.29, 0.717) is 25.9 Å². The van der Waals surface area contributed by atoms with Crippen LogP contribution in [0.25, 0.3) is 0 Å². The van der Waals surface area contributed by atoms with Crippen LogP contribution in [0, 0.1) is 5.92 Å². The van der Waals surface area contributed by atoms with Crippen LogP contribution < -0.4 is 5.32 Å². The molecule has 0 radical (unpaired) electrons. The molecule has 1 amide bonds. The van der Waals surface area contributed by atoms with E-state index in [0.717, 1.165) is 19.3 Å². The second-order valence-corrected chi connectivity index (χ2v) is 5.41. The number of methoxy groups -OCH3 is 1. The molecule has 0 bridgehead atoms. The molecule has 1 heterocycles. The molecular formula is C14H21NO5. The summed E-state index contributed by atoms with van der Waals surface area (Å²) in [4.78, 5) is 35.5. The van der Waals surface area contributed by atoms with Crippen LogP contribution in [0.15, 0.2) is 0 Å². The lowest BCUT2D eigenvalue weighted by Gasteiger charge is -2.29. The molecule has 0 aromatic heterocycles. The van der Waals surface area contributed by atoms with Gasteiger partial charge in [0.15, 0.2) is 0 Å². The molecule has 0 aromatic carbocycles. The van der Waals surface area contributed by atoms with Crippen LogP contribution in [0.1, 0.15) is 38.5 Å². The van der Waals surface area contributed by atoms with E-state index in [9.17, 15) is 14.4 Å². The van der Waals surface area contributed by atoms with Crippen LogP contribution in [0.5, 0.6) is 0 Å². The Morgan fingerprint density at radius 2 is 2.15 bits per heavy atom. The van der Waals surface area contributed by atoms with Crippen molar-refractivity contribution in [1.82, 2.24) is 5.32 Å². The van der Waals surface area contributed by atoms with E-state index < -0.39 is 18.1 Å². The lowest BCUT2D eigenvalue weighted by atomic mass is 9.83. The number of Topliss-reactive ketones (excluding diaryl/α,β-unsaturated/α-hetero) is 1. The zero-order valence-corrected chi connectivity index (χ0v) is 11.7. The van der Waals surface area contributed by atoms with Gasteiger partial charge in [0.05, 0.1) is 7.11 Å². The third kappa shape index (κ3) is 3.56. The first-order valence-electron chi connectivity index (χ1n) is 7.13. The minimum absolute atomic E-state index is 0.140. The standard InChI is InChI=1S/C14H21NO5/c1-19-14(18)12(9-4-2-5-10(16)8-9)15-13(17)11-6-3-7-20-11/h9,11-12H,2-8H2,1H3,(H,15,17)/t9-,11-,12+/m1/s1. The Kier molecular flexibility index (Phi) is 5.11. The number of rotatable bonds is 4. The maximum Gasteiger partial charge on any atom is 0.328 e. The Labute approximate surface area is 118 Å². The summed E-state index contributed by atoms with van der Waals surface area (Å²) in [6.45, 7) is 0.572. The summed E-state index contributed by atoms with van der Waals surface area (Å²) in [5, 5.41) is 2.71. The van der Waals surface area contributed by atoms with Crippen LogP contribution in [0.3, 0.4) is 0 Å². The Morgan fingerprint density at radius 3 is 2.75 bits per heavy atom. The summed E-state index contributed by atoms with van der Waals surface area (Å²) in [6.07, 6.45) is 3.42. The van der Waals surface area contributed by atoms with E-state index >= 15 is 0 Å². The van der Waals surface area contributed by atoms with E-state index in [4.69, 9.17) is 9.47 Å². The zero-order chi connectivity index (χ0) is 14.5. The van der Waals surface area contributed by atoms with Crippen molar-refractivity contribution in [2.24, 2.45) is 5.92 Å². The molecule has 1 saturated carbocycles. The highest BCUT2D eigenvalue weighted by molar-refractivity contribution is 5.88. The molecule has 112 valence electrons. The fourth-order valence-electron chi connectivity index (χ4n) is 2.87. The Bertz CT molecular complexity index is 389. The smallest absolute Gasteiger partial charge is 0.328 e. The topological polar surface area (TPSA) is 81.7 Å². The quantitative estimate of drug-likeness (QED) is 0.763. The molecule has 3 atom stereocenters. The summed E-state index contributed by atoms with van der Waals surface area (Å²) in [6, 6.07) is -0.749. The molecule has 0 unspecified atom stereocenters. The Hall–Kier alpha value is -1.43. The van der Waals surface area contributed by atoms with Crippen LogP contribution in [-0.4, -0.2) is 43.5 Å². The number of hydrogen-bond acceptors (Lipinski definition) is 5. The van der Waals surface area contributed by atoms with Crippen LogP contribution in [0.4, 0.5) is 0 Å². The van der Waals surface area contributed by atoms with E-state index in [-0.39, 0.29) is 17.6 Å². The van der Waals surface area contributed by atoms with Gasteiger partial charge in [0.25, 0.3) is 0 Å². The summed E-state index contributed by atoms with van der Waals surface area (Å²) in [7, 11) is 1.29. The van der Waals surface area contributed by atoms with Gasteiger partial charge in [0, 0.05) is 19.4 Å². The van der Waals surface area contributed by atoms with Crippen LogP contribution >= 0.6 is 0 Å². The SMILES string of the molecule is COC(=O)[C@@H](NC(=O)[C@H]1CCCO1)[C@@H]1CCCC(=O)C1. The number of carbonyl (C=O) groups is 3. The summed E-state index contributed by atoms with van der Waals surface area (Å²) in [5.74, 6) is -0.803. The maximum absolute atomic E-state index is 12.1. The molecule has 6 nitrogen and oxygen atoms in total. The van der Waals surface area contributed by atoms with Crippen molar-refractivity contribution in [3.05, 3.63) is 0 Å². The maximum atomic E-state index is 12.1. The van der Waals surface area contributed by atoms with Gasteiger partial charge in [-0.1, -0.05) is 0 Å². The number of nitrogens with one attached hydrogen (secondary N) is 1. The van der Waals surface area contributed by atoms with Crippen LogP contribution in [0.2, 0.25) is 0 Å². The molecule has 2 rings (SSSR count). The van der Waals surface area contributed by atoms with Gasteiger partial charge in [-0.05, 0) is 31.6 Å². The third-order valence-electron chi connectivity index (χ3n) is 3.97. The fourth-order valence-corrected chi connectivity index (χ4v) is 2.87. The number of ether oxygens (including phenoxy) is 2. The van der Waals surface area contributed by atoms with Gasteiger partial charge in [0.1, 0.15) is 17.9 Å². The summed E-state index contributed by atoms with van der Waals surface area (Å²) < 4.78 is 10.1. The van der Waals surface area contributed by atoms with E-state index in [2.05, 4.69) is 5.32 Å². The number of hydrogen-bond donors (Lipinski definition) is 1. The molecule has 0 aromatic rings. The molecule has 2 aliphatic rings. The highest BCUT2D eigenvalue weighted by Gasteiger charge is 2.36. The van der Waals surface area contributed by atoms with E-state index in [1.54, 1.807) is 0 Å². The second kappa shape index (κ2) is 6.83. The van der Waals surface area contributed by atoms with Crippen LogP contribution in [-0.2, 0) is 23.9 Å². The molecule has 1 aliphatic heterocycles. The van der Waals surface area contributed by atoms with Gasteiger partial charge in [0.2, 0.25) is 5.91 Å². The number of carbonyl (C=O) groups excluding carboxylic acids is 3. The summed E-state index contributed by atoms with van der Waals surface area (Å²) in [5.41, 5.74) is 0. The van der Waals surface area contributed by atoms with E-state index in [1.165, 1.54) is 7.11 Å². The normalized spacial score (nSPS) is 27.9. The second-order valence-electron chi connectivity index (χ2n) is 5.41. The minimum Gasteiger partial charge on any atom is -0.467 e. The molecule has 0 spiro atoms. The number of ketones is 1. The third-order valence-corrected chi connectivity index (χ3v) is 3.97. The zero-order valence-electron chi connectivity index (χ0n) is 11.7. The van der Waals surface area contributed by atoms with Gasteiger partial charge in [-0.25, -0.2) is 4.79 Å². The molecule has 2 fully saturated rings. The molecule has 1 aliphatic carbocycles. The lowest BCUT2D eigenvalue weighted by Crippen LogP contribution is -2.50. The Balaban J connectivity index is 2.01. The number of amides is 1. The predicted octanol–water partition coefficient (Wildman–Crippen LogP) is 0.582. The van der Waals surface area contributed by atoms with Crippen molar-refractivity contribution >= 4 is 17.7 Å². The van der Waals surface area contributed by atoms with Crippen molar-refractivity contribution in [1.29, 1.82) is 0 Å².